The summed E-state index contributed by atoms with van der Waals surface area (Å²) in [6, 6.07) is 5.32. The molecule has 2 atom stereocenters. The predicted octanol–water partition coefficient (Wildman–Crippen LogP) is 3.16. The third-order valence-corrected chi connectivity index (χ3v) is 3.53. The largest absolute Gasteiger partial charge is 0.488 e. The van der Waals surface area contributed by atoms with E-state index < -0.39 is 0 Å². The Hall–Kier alpha value is -1.24. The van der Waals surface area contributed by atoms with Gasteiger partial charge in [0.2, 0.25) is 0 Å². The number of aryl methyl sites for hydroxylation is 1. The second-order valence-corrected chi connectivity index (χ2v) is 4.39. The summed E-state index contributed by atoms with van der Waals surface area (Å²) >= 11 is 0. The topological polar surface area (TPSA) is 9.23 Å². The van der Waals surface area contributed by atoms with Gasteiger partial charge >= 0.3 is 0 Å². The Labute approximate surface area is 90.8 Å². The van der Waals surface area contributed by atoms with Gasteiger partial charge in [0.1, 0.15) is 11.9 Å². The van der Waals surface area contributed by atoms with Gasteiger partial charge in [-0.05, 0) is 30.5 Å². The van der Waals surface area contributed by atoms with Crippen LogP contribution in [0, 0.1) is 13.0 Å². The van der Waals surface area contributed by atoms with Gasteiger partial charge in [-0.25, -0.2) is 0 Å². The molecule has 2 aliphatic rings. The van der Waals surface area contributed by atoms with Gasteiger partial charge in [-0.2, -0.15) is 0 Å². The van der Waals surface area contributed by atoms with Crippen molar-refractivity contribution in [2.45, 2.75) is 38.7 Å². The van der Waals surface area contributed by atoms with E-state index in [9.17, 15) is 0 Å². The molecule has 1 radical (unpaired) electrons. The van der Waals surface area contributed by atoms with Gasteiger partial charge in [0, 0.05) is 24.0 Å². The Morgan fingerprint density at radius 2 is 2.40 bits per heavy atom. The molecule has 1 aliphatic heterocycles. The van der Waals surface area contributed by atoms with Crippen LogP contribution in [0.3, 0.4) is 0 Å². The molecule has 0 bridgehead atoms. The van der Waals surface area contributed by atoms with Crippen molar-refractivity contribution in [3.8, 4) is 5.75 Å². The number of ether oxygens (including phenoxy) is 1. The highest BCUT2D eigenvalue weighted by molar-refractivity contribution is 5.52. The van der Waals surface area contributed by atoms with Gasteiger partial charge < -0.3 is 4.74 Å². The number of rotatable bonds is 1. The third kappa shape index (κ3) is 1.16. The second kappa shape index (κ2) is 3.13. The van der Waals surface area contributed by atoms with Crippen molar-refractivity contribution in [2.75, 3.05) is 0 Å². The molecule has 0 amide bonds. The Morgan fingerprint density at radius 1 is 1.53 bits per heavy atom. The number of benzene rings is 1. The van der Waals surface area contributed by atoms with Gasteiger partial charge in [0.05, 0.1) is 0 Å². The summed E-state index contributed by atoms with van der Waals surface area (Å²) < 4.78 is 5.91. The number of hydrogen-bond donors (Lipinski definition) is 0. The van der Waals surface area contributed by atoms with Crippen LogP contribution >= 0.6 is 0 Å². The smallest absolute Gasteiger partial charge is 0.131 e. The lowest BCUT2D eigenvalue weighted by atomic mass is 9.90. The lowest BCUT2D eigenvalue weighted by molar-refractivity contribution is 0.231. The summed E-state index contributed by atoms with van der Waals surface area (Å²) in [6.07, 6.45) is 7.02. The standard InChI is InChI=1S/C14H15O/c1-3-10-9(2)7-8-13-14(10)11-5-4-6-12(11)15-13/h4-5,7,11-12H,3,6H2,1-2H3/t11-,12+/m0/s1. The average molecular weight is 199 g/mol. The first-order chi connectivity index (χ1) is 7.31. The van der Waals surface area contributed by atoms with E-state index >= 15 is 0 Å². The van der Waals surface area contributed by atoms with Gasteiger partial charge in [0.25, 0.3) is 0 Å². The molecule has 1 heteroatoms. The molecule has 1 aromatic carbocycles. The highest BCUT2D eigenvalue weighted by Gasteiger charge is 2.36. The molecule has 0 unspecified atom stereocenters. The second-order valence-electron chi connectivity index (χ2n) is 4.39. The molecule has 0 saturated carbocycles. The van der Waals surface area contributed by atoms with Crippen molar-refractivity contribution in [3.05, 3.63) is 41.0 Å². The summed E-state index contributed by atoms with van der Waals surface area (Å²) in [7, 11) is 0. The molecule has 77 valence electrons. The van der Waals surface area contributed by atoms with E-state index in [1.165, 1.54) is 16.7 Å². The van der Waals surface area contributed by atoms with Crippen LogP contribution in [0.25, 0.3) is 0 Å². The van der Waals surface area contributed by atoms with Gasteiger partial charge in [-0.1, -0.05) is 19.1 Å². The zero-order valence-electron chi connectivity index (χ0n) is 9.21. The summed E-state index contributed by atoms with van der Waals surface area (Å²) in [5.74, 6) is 1.49. The summed E-state index contributed by atoms with van der Waals surface area (Å²) in [6.45, 7) is 4.39. The SMILES string of the molecule is CCc1c(C)c[c]c2c1[C@H]1C=CC[C@H]1O2. The van der Waals surface area contributed by atoms with E-state index in [0.29, 0.717) is 12.0 Å². The molecular weight excluding hydrogens is 184 g/mol. The van der Waals surface area contributed by atoms with Crippen LogP contribution in [0.2, 0.25) is 0 Å². The average Bonchev–Trinajstić information content (AvgIpc) is 2.78. The molecule has 0 fully saturated rings. The quantitative estimate of drug-likeness (QED) is 0.631. The Kier molecular flexibility index (Phi) is 1.88. The first-order valence-electron chi connectivity index (χ1n) is 5.68. The molecule has 0 aromatic heterocycles. The lowest BCUT2D eigenvalue weighted by Crippen LogP contribution is -2.12. The minimum absolute atomic E-state index is 0.350. The van der Waals surface area contributed by atoms with Crippen molar-refractivity contribution in [1.29, 1.82) is 0 Å². The maximum absolute atomic E-state index is 5.91. The fourth-order valence-corrected chi connectivity index (χ4v) is 2.79. The normalized spacial score (nSPS) is 26.3. The summed E-state index contributed by atoms with van der Waals surface area (Å²) in [5.41, 5.74) is 4.21. The van der Waals surface area contributed by atoms with E-state index in [0.717, 1.165) is 18.6 Å². The van der Waals surface area contributed by atoms with Crippen LogP contribution in [0.5, 0.6) is 5.75 Å². The van der Waals surface area contributed by atoms with Crippen molar-refractivity contribution in [2.24, 2.45) is 0 Å². The van der Waals surface area contributed by atoms with Crippen LogP contribution in [-0.2, 0) is 6.42 Å². The van der Waals surface area contributed by atoms with Gasteiger partial charge in [0.15, 0.2) is 0 Å². The molecule has 3 rings (SSSR count). The summed E-state index contributed by atoms with van der Waals surface area (Å²) in [5, 5.41) is 0. The lowest BCUT2D eigenvalue weighted by Gasteiger charge is -2.11. The van der Waals surface area contributed by atoms with E-state index in [-0.39, 0.29) is 0 Å². The third-order valence-electron chi connectivity index (χ3n) is 3.53. The Morgan fingerprint density at radius 3 is 3.20 bits per heavy atom. The minimum atomic E-state index is 0.350. The van der Waals surface area contributed by atoms with Crippen LogP contribution in [0.15, 0.2) is 18.2 Å². The first-order valence-corrected chi connectivity index (χ1v) is 5.68. The monoisotopic (exact) mass is 199 g/mol. The van der Waals surface area contributed by atoms with Crippen LogP contribution in [0.1, 0.15) is 36.0 Å². The number of hydrogen-bond acceptors (Lipinski definition) is 1. The van der Waals surface area contributed by atoms with Crippen LogP contribution in [-0.4, -0.2) is 6.10 Å². The van der Waals surface area contributed by atoms with Crippen molar-refractivity contribution in [1.82, 2.24) is 0 Å². The van der Waals surface area contributed by atoms with Crippen molar-refractivity contribution in [3.63, 3.8) is 0 Å². The Bertz CT molecular complexity index is 431. The van der Waals surface area contributed by atoms with Crippen molar-refractivity contribution < 1.29 is 4.74 Å². The predicted molar refractivity (Wildman–Crippen MR) is 60.3 cm³/mol. The number of fused-ring (bicyclic) bond motifs is 3. The highest BCUT2D eigenvalue weighted by Crippen LogP contribution is 2.45. The van der Waals surface area contributed by atoms with E-state index in [1.54, 1.807) is 0 Å². The molecule has 1 aromatic rings. The first kappa shape index (κ1) is 9.02. The molecule has 1 aliphatic carbocycles. The minimum Gasteiger partial charge on any atom is -0.488 e. The molecule has 0 spiro atoms. The van der Waals surface area contributed by atoms with Crippen LogP contribution < -0.4 is 4.74 Å². The fraction of sp³-hybridized carbons (Fsp3) is 0.429. The summed E-state index contributed by atoms with van der Waals surface area (Å²) in [4.78, 5) is 0. The van der Waals surface area contributed by atoms with E-state index in [1.807, 2.05) is 0 Å². The van der Waals surface area contributed by atoms with Gasteiger partial charge in [-0.15, -0.1) is 0 Å². The molecule has 1 nitrogen and oxygen atoms in total. The molecule has 0 saturated heterocycles. The maximum atomic E-state index is 5.91. The molecule has 15 heavy (non-hydrogen) atoms. The Balaban J connectivity index is 2.19. The maximum Gasteiger partial charge on any atom is 0.131 e. The van der Waals surface area contributed by atoms with Gasteiger partial charge in [-0.3, -0.25) is 0 Å². The zero-order chi connectivity index (χ0) is 10.4. The fourth-order valence-electron chi connectivity index (χ4n) is 2.79. The van der Waals surface area contributed by atoms with Crippen LogP contribution in [0.4, 0.5) is 0 Å². The highest BCUT2D eigenvalue weighted by atomic mass is 16.5. The van der Waals surface area contributed by atoms with E-state index in [4.69, 9.17) is 4.74 Å². The molecular formula is C14H15O. The zero-order valence-corrected chi connectivity index (χ0v) is 9.21. The molecule has 1 heterocycles. The van der Waals surface area contributed by atoms with E-state index in [2.05, 4.69) is 38.1 Å². The molecule has 0 N–H and O–H groups in total. The van der Waals surface area contributed by atoms with Crippen molar-refractivity contribution >= 4 is 0 Å².